The third-order valence-corrected chi connectivity index (χ3v) is 4.16. The summed E-state index contributed by atoms with van der Waals surface area (Å²) in [7, 11) is 0. The maximum Gasteiger partial charge on any atom is 0.254 e. The van der Waals surface area contributed by atoms with Crippen LogP contribution in [0.2, 0.25) is 0 Å². The van der Waals surface area contributed by atoms with Crippen LogP contribution in [0.25, 0.3) is 0 Å². The predicted molar refractivity (Wildman–Crippen MR) is 88.5 cm³/mol. The second kappa shape index (κ2) is 7.43. The summed E-state index contributed by atoms with van der Waals surface area (Å²) < 4.78 is 0.949. The first-order valence-electron chi connectivity index (χ1n) is 6.83. The van der Waals surface area contributed by atoms with E-state index in [4.69, 9.17) is 5.73 Å². The van der Waals surface area contributed by atoms with Crippen LogP contribution >= 0.6 is 28.3 Å². The third kappa shape index (κ3) is 3.96. The lowest BCUT2D eigenvalue weighted by Crippen LogP contribution is -2.51. The summed E-state index contributed by atoms with van der Waals surface area (Å²) in [6.45, 7) is 4.81. The Labute approximate surface area is 135 Å². The number of nitrogens with zero attached hydrogens (tertiary/aromatic N) is 1. The fourth-order valence-corrected chi connectivity index (χ4v) is 3.39. The van der Waals surface area contributed by atoms with Crippen molar-refractivity contribution in [2.45, 2.75) is 45.2 Å². The highest BCUT2D eigenvalue weighted by Crippen LogP contribution is 2.23. The van der Waals surface area contributed by atoms with Crippen LogP contribution in [0, 0.1) is 6.92 Å². The Morgan fingerprint density at radius 3 is 2.70 bits per heavy atom. The quantitative estimate of drug-likeness (QED) is 0.876. The Morgan fingerprint density at radius 2 is 2.10 bits per heavy atom. The molecular weight excluding hydrogens is 340 g/mol. The van der Waals surface area contributed by atoms with E-state index in [2.05, 4.69) is 15.9 Å². The van der Waals surface area contributed by atoms with E-state index in [-0.39, 0.29) is 30.4 Å². The number of nitrogens with two attached hydrogens (primary N) is 1. The summed E-state index contributed by atoms with van der Waals surface area (Å²) in [5, 5.41) is 0. The zero-order valence-electron chi connectivity index (χ0n) is 11.9. The highest BCUT2D eigenvalue weighted by Gasteiger charge is 2.29. The third-order valence-electron chi connectivity index (χ3n) is 3.71. The van der Waals surface area contributed by atoms with Crippen molar-refractivity contribution in [1.82, 2.24) is 4.90 Å². The van der Waals surface area contributed by atoms with Crippen LogP contribution in [-0.2, 0) is 0 Å². The molecule has 0 spiro atoms. The number of aryl methyl sites for hydroxylation is 1. The molecule has 2 rings (SSSR count). The second-order valence-electron chi connectivity index (χ2n) is 5.44. The molecule has 1 aliphatic heterocycles. The van der Waals surface area contributed by atoms with Crippen molar-refractivity contribution in [3.8, 4) is 0 Å². The molecule has 1 aromatic carbocycles. The zero-order valence-corrected chi connectivity index (χ0v) is 14.3. The Morgan fingerprint density at radius 1 is 1.40 bits per heavy atom. The molecule has 2 unspecified atom stereocenters. The first-order chi connectivity index (χ1) is 8.99. The molecule has 0 aromatic heterocycles. The van der Waals surface area contributed by atoms with Gasteiger partial charge in [0.25, 0.3) is 5.91 Å². The minimum Gasteiger partial charge on any atom is -0.334 e. The Balaban J connectivity index is 0.00000200. The lowest BCUT2D eigenvalue weighted by molar-refractivity contribution is 0.0583. The molecule has 20 heavy (non-hydrogen) atoms. The van der Waals surface area contributed by atoms with Crippen molar-refractivity contribution < 1.29 is 4.79 Å². The number of benzene rings is 1. The highest BCUT2D eigenvalue weighted by atomic mass is 79.9. The van der Waals surface area contributed by atoms with Gasteiger partial charge in [-0.2, -0.15) is 0 Å². The largest absolute Gasteiger partial charge is 0.334 e. The molecule has 0 bridgehead atoms. The van der Waals surface area contributed by atoms with Crippen molar-refractivity contribution in [3.05, 3.63) is 33.8 Å². The van der Waals surface area contributed by atoms with E-state index < -0.39 is 0 Å². The van der Waals surface area contributed by atoms with Crippen molar-refractivity contribution >= 4 is 34.2 Å². The SMILES string of the molecule is Cc1cc(Br)cc(C(=O)N2CCCCC2C(C)N)c1.Cl. The van der Waals surface area contributed by atoms with Gasteiger partial charge in [0, 0.05) is 28.7 Å². The molecule has 2 N–H and O–H groups in total. The molecule has 2 atom stereocenters. The number of carbonyl (C=O) groups is 1. The molecule has 0 saturated carbocycles. The second-order valence-corrected chi connectivity index (χ2v) is 6.35. The highest BCUT2D eigenvalue weighted by molar-refractivity contribution is 9.10. The van der Waals surface area contributed by atoms with Gasteiger partial charge in [-0.3, -0.25) is 4.79 Å². The van der Waals surface area contributed by atoms with E-state index in [9.17, 15) is 4.79 Å². The van der Waals surface area contributed by atoms with Gasteiger partial charge in [0.2, 0.25) is 0 Å². The molecule has 1 fully saturated rings. The van der Waals surface area contributed by atoms with Crippen LogP contribution in [0.3, 0.4) is 0 Å². The molecule has 0 aliphatic carbocycles. The van der Waals surface area contributed by atoms with E-state index in [1.54, 1.807) is 0 Å². The smallest absolute Gasteiger partial charge is 0.254 e. The first kappa shape index (κ1) is 17.5. The van der Waals surface area contributed by atoms with E-state index in [0.717, 1.165) is 41.4 Å². The molecule has 1 aromatic rings. The van der Waals surface area contributed by atoms with E-state index in [1.165, 1.54) is 0 Å². The fourth-order valence-electron chi connectivity index (χ4n) is 2.78. The Bertz CT molecular complexity index is 459. The number of likely N-dealkylation sites (tertiary alicyclic amines) is 1. The van der Waals surface area contributed by atoms with Crippen LogP contribution in [0.15, 0.2) is 22.7 Å². The standard InChI is InChI=1S/C15H21BrN2O.ClH/c1-10-7-12(9-13(16)8-10)15(19)18-6-4-3-5-14(18)11(2)17;/h7-9,11,14H,3-6,17H2,1-2H3;1H. The number of halogens is 2. The predicted octanol–water partition coefficient (Wildman–Crippen LogP) is 3.52. The molecule has 1 aliphatic rings. The summed E-state index contributed by atoms with van der Waals surface area (Å²) >= 11 is 3.45. The molecule has 1 heterocycles. The minimum absolute atomic E-state index is 0. The van der Waals surface area contributed by atoms with Crippen molar-refractivity contribution in [2.24, 2.45) is 5.73 Å². The monoisotopic (exact) mass is 360 g/mol. The average molecular weight is 362 g/mol. The van der Waals surface area contributed by atoms with Gasteiger partial charge in [-0.05, 0) is 56.9 Å². The van der Waals surface area contributed by atoms with E-state index in [0.29, 0.717) is 0 Å². The molecule has 3 nitrogen and oxygen atoms in total. The summed E-state index contributed by atoms with van der Waals surface area (Å²) in [5.41, 5.74) is 7.87. The average Bonchev–Trinajstić information content (AvgIpc) is 2.36. The van der Waals surface area contributed by atoms with E-state index in [1.807, 2.05) is 36.9 Å². The molecular formula is C15H22BrClN2O. The fraction of sp³-hybridized carbons (Fsp3) is 0.533. The lowest BCUT2D eigenvalue weighted by atomic mass is 9.96. The minimum atomic E-state index is 0. The molecule has 0 radical (unpaired) electrons. The molecule has 1 amide bonds. The maximum absolute atomic E-state index is 12.7. The van der Waals surface area contributed by atoms with Gasteiger partial charge >= 0.3 is 0 Å². The number of piperidine rings is 1. The van der Waals surface area contributed by atoms with Gasteiger partial charge in [-0.25, -0.2) is 0 Å². The molecule has 112 valence electrons. The number of rotatable bonds is 2. The van der Waals surface area contributed by atoms with E-state index >= 15 is 0 Å². The number of hydrogen-bond acceptors (Lipinski definition) is 2. The van der Waals surface area contributed by atoms with Gasteiger partial charge in [-0.1, -0.05) is 15.9 Å². The van der Waals surface area contributed by atoms with Crippen LogP contribution in [0.1, 0.15) is 42.1 Å². The summed E-state index contributed by atoms with van der Waals surface area (Å²) in [5.74, 6) is 0.103. The van der Waals surface area contributed by atoms with Crippen LogP contribution in [-0.4, -0.2) is 29.4 Å². The normalized spacial score (nSPS) is 20.2. The van der Waals surface area contributed by atoms with Gasteiger partial charge in [-0.15, -0.1) is 12.4 Å². The summed E-state index contributed by atoms with van der Waals surface area (Å²) in [6.07, 6.45) is 3.24. The number of amides is 1. The summed E-state index contributed by atoms with van der Waals surface area (Å²) in [6, 6.07) is 6.04. The number of carbonyl (C=O) groups excluding carboxylic acids is 1. The topological polar surface area (TPSA) is 46.3 Å². The van der Waals surface area contributed by atoms with Crippen molar-refractivity contribution in [1.29, 1.82) is 0 Å². The van der Waals surface area contributed by atoms with Crippen LogP contribution in [0.5, 0.6) is 0 Å². The van der Waals surface area contributed by atoms with Crippen LogP contribution in [0.4, 0.5) is 0 Å². The van der Waals surface area contributed by atoms with Gasteiger partial charge < -0.3 is 10.6 Å². The summed E-state index contributed by atoms with van der Waals surface area (Å²) in [4.78, 5) is 14.6. The van der Waals surface area contributed by atoms with Gasteiger partial charge in [0.15, 0.2) is 0 Å². The van der Waals surface area contributed by atoms with Gasteiger partial charge in [0.05, 0.1) is 0 Å². The van der Waals surface area contributed by atoms with Gasteiger partial charge in [0.1, 0.15) is 0 Å². The molecule has 1 saturated heterocycles. The first-order valence-corrected chi connectivity index (χ1v) is 7.62. The maximum atomic E-state index is 12.7. The van der Waals surface area contributed by atoms with Crippen molar-refractivity contribution in [3.63, 3.8) is 0 Å². The molecule has 5 heteroatoms. The Hall–Kier alpha value is -0.580. The zero-order chi connectivity index (χ0) is 14.0. The number of hydrogen-bond donors (Lipinski definition) is 1. The Kier molecular flexibility index (Phi) is 6.49. The van der Waals surface area contributed by atoms with Crippen LogP contribution < -0.4 is 5.73 Å². The lowest BCUT2D eigenvalue weighted by Gasteiger charge is -2.38. The van der Waals surface area contributed by atoms with Crippen molar-refractivity contribution in [2.75, 3.05) is 6.54 Å².